The molecule has 152 valence electrons. The topological polar surface area (TPSA) is 84.5 Å². The summed E-state index contributed by atoms with van der Waals surface area (Å²) in [6, 6.07) is 11.5. The minimum absolute atomic E-state index is 0.188. The van der Waals surface area contributed by atoms with Gasteiger partial charge in [-0.2, -0.15) is 0 Å². The summed E-state index contributed by atoms with van der Waals surface area (Å²) in [6.45, 7) is 5.35. The lowest BCUT2D eigenvalue weighted by molar-refractivity contribution is -0.116. The Hall–Kier alpha value is -2.09. The first-order chi connectivity index (χ1) is 13.0. The van der Waals surface area contributed by atoms with Crippen LogP contribution >= 0.6 is 11.6 Å². The van der Waals surface area contributed by atoms with E-state index in [9.17, 15) is 13.2 Å². The number of aryl methyl sites for hydroxylation is 1. The van der Waals surface area contributed by atoms with E-state index in [-0.39, 0.29) is 17.2 Å². The molecule has 0 spiro atoms. The summed E-state index contributed by atoms with van der Waals surface area (Å²) in [5.74, 6) is 0.338. The molecule has 0 aliphatic carbocycles. The molecule has 1 amide bonds. The Morgan fingerprint density at radius 3 is 2.32 bits per heavy atom. The molecule has 0 saturated carbocycles. The van der Waals surface area contributed by atoms with E-state index < -0.39 is 15.6 Å². The van der Waals surface area contributed by atoms with E-state index in [0.717, 1.165) is 5.56 Å². The number of sulfonamides is 1. The molecule has 2 rings (SSSR count). The van der Waals surface area contributed by atoms with E-state index in [1.54, 1.807) is 63.2 Å². The zero-order chi connectivity index (χ0) is 20.9. The monoisotopic (exact) mass is 424 g/mol. The Kier molecular flexibility index (Phi) is 7.09. The second-order valence-electron chi connectivity index (χ2n) is 7.39. The number of nitrogens with one attached hydrogen (secondary N) is 2. The number of methoxy groups -OCH3 is 1. The van der Waals surface area contributed by atoms with Crippen LogP contribution in [0.5, 0.6) is 5.75 Å². The molecule has 2 aromatic carbocycles. The van der Waals surface area contributed by atoms with Crippen LogP contribution in [0.1, 0.15) is 32.8 Å². The molecule has 0 aromatic heterocycles. The van der Waals surface area contributed by atoms with Crippen molar-refractivity contribution in [2.24, 2.45) is 0 Å². The summed E-state index contributed by atoms with van der Waals surface area (Å²) in [5.41, 5.74) is 0.814. The minimum Gasteiger partial charge on any atom is -0.495 e. The highest BCUT2D eigenvalue weighted by Gasteiger charge is 2.21. The van der Waals surface area contributed by atoms with Gasteiger partial charge in [0.25, 0.3) is 0 Å². The van der Waals surface area contributed by atoms with Crippen LogP contribution in [0.2, 0.25) is 5.02 Å². The first kappa shape index (κ1) is 22.2. The van der Waals surface area contributed by atoms with Crippen molar-refractivity contribution in [2.45, 2.75) is 44.0 Å². The average Bonchev–Trinajstić information content (AvgIpc) is 2.58. The fraction of sp³-hybridized carbons (Fsp3) is 0.350. The lowest BCUT2D eigenvalue weighted by Gasteiger charge is -2.20. The van der Waals surface area contributed by atoms with E-state index >= 15 is 0 Å². The summed E-state index contributed by atoms with van der Waals surface area (Å²) in [6.07, 6.45) is 0.712. The molecule has 0 heterocycles. The van der Waals surface area contributed by atoms with E-state index in [4.69, 9.17) is 16.3 Å². The third-order valence-electron chi connectivity index (χ3n) is 3.75. The quantitative estimate of drug-likeness (QED) is 0.703. The van der Waals surface area contributed by atoms with Gasteiger partial charge in [-0.1, -0.05) is 23.7 Å². The van der Waals surface area contributed by atoms with Gasteiger partial charge in [0.05, 0.1) is 17.7 Å². The third-order valence-corrected chi connectivity index (χ3v) is 5.76. The predicted octanol–water partition coefficient (Wildman–Crippen LogP) is 4.00. The van der Waals surface area contributed by atoms with Crippen molar-refractivity contribution < 1.29 is 17.9 Å². The van der Waals surface area contributed by atoms with Crippen LogP contribution in [0.15, 0.2) is 47.4 Å². The Bertz CT molecular complexity index is 936. The second-order valence-corrected chi connectivity index (χ2v) is 9.51. The van der Waals surface area contributed by atoms with E-state index in [1.165, 1.54) is 7.11 Å². The van der Waals surface area contributed by atoms with Gasteiger partial charge in [-0.25, -0.2) is 13.1 Å². The standard InChI is InChI=1S/C20H25ClN2O4S/c1-20(2,3)23-28(25,26)16-9-5-14(6-10-16)7-12-19(24)22-17-13-15(21)8-11-18(17)27-4/h5-6,8-11,13,23H,7,12H2,1-4H3,(H,22,24). The van der Waals surface area contributed by atoms with Crippen LogP contribution in [0.4, 0.5) is 5.69 Å². The number of anilines is 1. The molecular formula is C20H25ClN2O4S. The summed E-state index contributed by atoms with van der Waals surface area (Å²) in [5, 5.41) is 3.28. The van der Waals surface area contributed by atoms with Crippen molar-refractivity contribution in [2.75, 3.05) is 12.4 Å². The zero-order valence-corrected chi connectivity index (χ0v) is 17.9. The van der Waals surface area contributed by atoms with Crippen LogP contribution in [0.25, 0.3) is 0 Å². The highest BCUT2D eigenvalue weighted by Crippen LogP contribution is 2.27. The molecule has 2 aromatic rings. The Labute approximate surface area is 171 Å². The molecule has 0 atom stereocenters. The first-order valence-corrected chi connectivity index (χ1v) is 10.6. The largest absolute Gasteiger partial charge is 0.495 e. The van der Waals surface area contributed by atoms with Crippen molar-refractivity contribution >= 4 is 33.2 Å². The maximum absolute atomic E-state index is 12.3. The van der Waals surface area contributed by atoms with Gasteiger partial charge in [-0.05, 0) is 63.1 Å². The number of halogens is 1. The van der Waals surface area contributed by atoms with Gasteiger partial charge >= 0.3 is 0 Å². The van der Waals surface area contributed by atoms with Gasteiger partial charge < -0.3 is 10.1 Å². The Balaban J connectivity index is 1.98. The highest BCUT2D eigenvalue weighted by molar-refractivity contribution is 7.89. The molecule has 28 heavy (non-hydrogen) atoms. The van der Waals surface area contributed by atoms with Gasteiger partial charge in [0.15, 0.2) is 0 Å². The van der Waals surface area contributed by atoms with Crippen molar-refractivity contribution in [1.29, 1.82) is 0 Å². The maximum atomic E-state index is 12.3. The predicted molar refractivity (Wildman–Crippen MR) is 111 cm³/mol. The second kappa shape index (κ2) is 8.94. The third kappa shape index (κ3) is 6.51. The molecule has 0 aliphatic heterocycles. The Morgan fingerprint density at radius 1 is 1.11 bits per heavy atom. The molecule has 6 nitrogen and oxygen atoms in total. The number of hydrogen-bond acceptors (Lipinski definition) is 4. The molecule has 0 fully saturated rings. The molecule has 2 N–H and O–H groups in total. The SMILES string of the molecule is COc1ccc(Cl)cc1NC(=O)CCc1ccc(S(=O)(=O)NC(C)(C)C)cc1. The van der Waals surface area contributed by atoms with Crippen LogP contribution in [0.3, 0.4) is 0 Å². The molecular weight excluding hydrogens is 400 g/mol. The molecule has 8 heteroatoms. The normalized spacial score (nSPS) is 11.9. The van der Waals surface area contributed by atoms with E-state index in [0.29, 0.717) is 22.9 Å². The number of hydrogen-bond donors (Lipinski definition) is 2. The summed E-state index contributed by atoms with van der Waals surface area (Å²) >= 11 is 5.96. The molecule has 0 saturated heterocycles. The molecule has 0 aliphatic rings. The van der Waals surface area contributed by atoms with E-state index in [1.807, 2.05) is 0 Å². The highest BCUT2D eigenvalue weighted by atomic mass is 35.5. The number of rotatable bonds is 7. The lowest BCUT2D eigenvalue weighted by Crippen LogP contribution is -2.40. The van der Waals surface area contributed by atoms with Gasteiger partial charge in [-0.15, -0.1) is 0 Å². The van der Waals surface area contributed by atoms with Crippen molar-refractivity contribution in [1.82, 2.24) is 4.72 Å². The van der Waals surface area contributed by atoms with Gasteiger partial charge in [0, 0.05) is 17.0 Å². The van der Waals surface area contributed by atoms with Crippen LogP contribution < -0.4 is 14.8 Å². The van der Waals surface area contributed by atoms with Crippen molar-refractivity contribution in [3.63, 3.8) is 0 Å². The smallest absolute Gasteiger partial charge is 0.241 e. The van der Waals surface area contributed by atoms with Crippen LogP contribution in [-0.2, 0) is 21.2 Å². The fourth-order valence-electron chi connectivity index (χ4n) is 2.55. The fourth-order valence-corrected chi connectivity index (χ4v) is 4.14. The maximum Gasteiger partial charge on any atom is 0.241 e. The average molecular weight is 425 g/mol. The minimum atomic E-state index is -3.57. The van der Waals surface area contributed by atoms with Crippen molar-refractivity contribution in [3.8, 4) is 5.75 Å². The molecule has 0 bridgehead atoms. The van der Waals surface area contributed by atoms with Crippen molar-refractivity contribution in [3.05, 3.63) is 53.1 Å². The number of carbonyl (C=O) groups excluding carboxylic acids is 1. The number of carbonyl (C=O) groups is 1. The molecule has 0 radical (unpaired) electrons. The number of amides is 1. The summed E-state index contributed by atoms with van der Waals surface area (Å²) in [4.78, 5) is 12.4. The van der Waals surface area contributed by atoms with Crippen LogP contribution in [-0.4, -0.2) is 27.0 Å². The van der Waals surface area contributed by atoms with Gasteiger partial charge in [0.2, 0.25) is 15.9 Å². The van der Waals surface area contributed by atoms with Crippen LogP contribution in [0, 0.1) is 0 Å². The number of ether oxygens (including phenoxy) is 1. The van der Waals surface area contributed by atoms with Gasteiger partial charge in [0.1, 0.15) is 5.75 Å². The number of benzene rings is 2. The van der Waals surface area contributed by atoms with Gasteiger partial charge in [-0.3, -0.25) is 4.79 Å². The summed E-state index contributed by atoms with van der Waals surface area (Å²) < 4.78 is 32.5. The Morgan fingerprint density at radius 2 is 1.75 bits per heavy atom. The molecule has 0 unspecified atom stereocenters. The zero-order valence-electron chi connectivity index (χ0n) is 16.4. The van der Waals surface area contributed by atoms with E-state index in [2.05, 4.69) is 10.0 Å². The lowest BCUT2D eigenvalue weighted by atomic mass is 10.1. The summed E-state index contributed by atoms with van der Waals surface area (Å²) in [7, 11) is -2.06. The first-order valence-electron chi connectivity index (χ1n) is 8.76.